The molecule has 0 N–H and O–H groups in total. The Labute approximate surface area is 133 Å². The zero-order chi connectivity index (χ0) is 15.5. The van der Waals surface area contributed by atoms with Gasteiger partial charge >= 0.3 is 0 Å². The summed E-state index contributed by atoms with van der Waals surface area (Å²) in [7, 11) is 1.59. The van der Waals surface area contributed by atoms with Crippen LogP contribution in [0.3, 0.4) is 0 Å². The molecule has 1 aliphatic rings. The second kappa shape index (κ2) is 6.32. The van der Waals surface area contributed by atoms with Gasteiger partial charge in [-0.15, -0.1) is 11.3 Å². The Morgan fingerprint density at radius 2 is 2.00 bits per heavy atom. The number of hydrogen-bond acceptors (Lipinski definition) is 4. The Hall–Kier alpha value is -2.14. The van der Waals surface area contributed by atoms with Crippen molar-refractivity contribution in [2.75, 3.05) is 13.7 Å². The van der Waals surface area contributed by atoms with Gasteiger partial charge in [-0.25, -0.2) is 0 Å². The van der Waals surface area contributed by atoms with Crippen molar-refractivity contribution in [1.82, 2.24) is 4.90 Å². The summed E-state index contributed by atoms with van der Waals surface area (Å²) in [6.45, 7) is 0.642. The first-order valence-electron chi connectivity index (χ1n) is 7.23. The van der Waals surface area contributed by atoms with E-state index in [1.807, 2.05) is 11.4 Å². The first-order chi connectivity index (χ1) is 10.7. The van der Waals surface area contributed by atoms with Crippen LogP contribution in [0.15, 0.2) is 41.8 Å². The van der Waals surface area contributed by atoms with Crippen molar-refractivity contribution >= 4 is 23.0 Å². The molecule has 1 fully saturated rings. The Bertz CT molecular complexity index is 664. The molecule has 1 aromatic carbocycles. The van der Waals surface area contributed by atoms with Gasteiger partial charge in [0.1, 0.15) is 5.75 Å². The van der Waals surface area contributed by atoms with Gasteiger partial charge in [-0.2, -0.15) is 0 Å². The van der Waals surface area contributed by atoms with Crippen molar-refractivity contribution in [2.24, 2.45) is 0 Å². The third-order valence-electron chi connectivity index (χ3n) is 3.92. The maximum absolute atomic E-state index is 12.7. The molecule has 2 heterocycles. The molecule has 1 atom stereocenters. The molecule has 0 saturated carbocycles. The third-order valence-corrected chi connectivity index (χ3v) is 4.78. The van der Waals surface area contributed by atoms with Crippen LogP contribution < -0.4 is 4.74 Å². The normalized spacial score (nSPS) is 17.5. The molecule has 0 radical (unpaired) electrons. The van der Waals surface area contributed by atoms with E-state index in [4.69, 9.17) is 4.74 Å². The summed E-state index contributed by atoms with van der Waals surface area (Å²) >= 11 is 1.41. The minimum atomic E-state index is -0.358. The first-order valence-corrected chi connectivity index (χ1v) is 8.11. The molecule has 22 heavy (non-hydrogen) atoms. The molecule has 0 spiro atoms. The van der Waals surface area contributed by atoms with Gasteiger partial charge in [-0.3, -0.25) is 9.59 Å². The molecule has 1 saturated heterocycles. The molecule has 1 amide bonds. The Morgan fingerprint density at radius 1 is 1.23 bits per heavy atom. The Kier molecular flexibility index (Phi) is 4.24. The minimum Gasteiger partial charge on any atom is -0.497 e. The summed E-state index contributed by atoms with van der Waals surface area (Å²) in [5.74, 6) is 0.680. The van der Waals surface area contributed by atoms with Crippen LogP contribution in [0.2, 0.25) is 0 Å². The van der Waals surface area contributed by atoms with Gasteiger partial charge in [0.05, 0.1) is 18.0 Å². The van der Waals surface area contributed by atoms with Gasteiger partial charge in [0.25, 0.3) is 5.91 Å². The fraction of sp³-hybridized carbons (Fsp3) is 0.294. The quantitative estimate of drug-likeness (QED) is 0.814. The van der Waals surface area contributed by atoms with E-state index in [2.05, 4.69) is 0 Å². The van der Waals surface area contributed by atoms with E-state index in [-0.39, 0.29) is 17.7 Å². The van der Waals surface area contributed by atoms with Crippen molar-refractivity contribution in [3.8, 4) is 5.75 Å². The number of carbonyl (C=O) groups excluding carboxylic acids is 2. The zero-order valence-corrected chi connectivity index (χ0v) is 13.1. The Balaban J connectivity index is 1.80. The van der Waals surface area contributed by atoms with Gasteiger partial charge in [-0.1, -0.05) is 6.07 Å². The highest BCUT2D eigenvalue weighted by Gasteiger charge is 2.35. The van der Waals surface area contributed by atoms with Gasteiger partial charge in [-0.05, 0) is 48.6 Å². The largest absolute Gasteiger partial charge is 0.497 e. The van der Waals surface area contributed by atoms with Crippen LogP contribution in [-0.4, -0.2) is 36.3 Å². The lowest BCUT2D eigenvalue weighted by Crippen LogP contribution is -2.40. The summed E-state index contributed by atoms with van der Waals surface area (Å²) < 4.78 is 5.11. The summed E-state index contributed by atoms with van der Waals surface area (Å²) in [6.07, 6.45) is 1.59. The van der Waals surface area contributed by atoms with Crippen LogP contribution in [0.4, 0.5) is 0 Å². The monoisotopic (exact) mass is 315 g/mol. The zero-order valence-electron chi connectivity index (χ0n) is 12.3. The van der Waals surface area contributed by atoms with Crippen LogP contribution in [-0.2, 0) is 0 Å². The van der Waals surface area contributed by atoms with Gasteiger partial charge in [0.2, 0.25) is 0 Å². The van der Waals surface area contributed by atoms with E-state index < -0.39 is 0 Å². The van der Waals surface area contributed by atoms with E-state index in [9.17, 15) is 9.59 Å². The number of rotatable bonds is 4. The highest BCUT2D eigenvalue weighted by Crippen LogP contribution is 2.25. The highest BCUT2D eigenvalue weighted by molar-refractivity contribution is 7.12. The summed E-state index contributed by atoms with van der Waals surface area (Å²) in [5.41, 5.74) is 0.622. The fourth-order valence-corrected chi connectivity index (χ4v) is 3.45. The lowest BCUT2D eigenvalue weighted by atomic mass is 10.0. The predicted molar refractivity (Wildman–Crippen MR) is 85.7 cm³/mol. The van der Waals surface area contributed by atoms with Crippen molar-refractivity contribution < 1.29 is 14.3 Å². The summed E-state index contributed by atoms with van der Waals surface area (Å²) in [5, 5.41) is 1.88. The summed E-state index contributed by atoms with van der Waals surface area (Å²) in [4.78, 5) is 27.6. The number of Topliss-reactive ketones (excluding diaryl/α,β-unsaturated/α-hetero) is 1. The van der Waals surface area contributed by atoms with E-state index in [0.717, 1.165) is 18.6 Å². The van der Waals surface area contributed by atoms with Crippen molar-refractivity contribution in [3.63, 3.8) is 0 Å². The predicted octanol–water partition coefficient (Wildman–Crippen LogP) is 3.24. The van der Waals surface area contributed by atoms with Crippen LogP contribution in [0, 0.1) is 0 Å². The second-order valence-corrected chi connectivity index (χ2v) is 6.17. The minimum absolute atomic E-state index is 0.00468. The molecule has 2 aromatic rings. The smallest absolute Gasteiger partial charge is 0.264 e. The average molecular weight is 315 g/mol. The number of ether oxygens (including phenoxy) is 1. The topological polar surface area (TPSA) is 46.6 Å². The van der Waals surface area contributed by atoms with Crippen molar-refractivity contribution in [2.45, 2.75) is 18.9 Å². The maximum atomic E-state index is 12.7. The van der Waals surface area contributed by atoms with Crippen LogP contribution in [0.25, 0.3) is 0 Å². The fourth-order valence-electron chi connectivity index (χ4n) is 2.77. The average Bonchev–Trinajstić information content (AvgIpc) is 3.25. The molecular formula is C17H17NO3S. The van der Waals surface area contributed by atoms with E-state index >= 15 is 0 Å². The Morgan fingerprint density at radius 3 is 2.64 bits per heavy atom. The van der Waals surface area contributed by atoms with Gasteiger partial charge in [0, 0.05) is 12.1 Å². The van der Waals surface area contributed by atoms with Crippen LogP contribution in [0.1, 0.15) is 32.9 Å². The number of carbonyl (C=O) groups is 2. The number of ketones is 1. The maximum Gasteiger partial charge on any atom is 0.264 e. The molecule has 5 heteroatoms. The number of amides is 1. The van der Waals surface area contributed by atoms with E-state index in [1.165, 1.54) is 11.3 Å². The standard InChI is InChI=1S/C17H17NO3S/c1-21-13-8-6-12(7-9-13)16(19)14-4-2-10-18(14)17(20)15-5-3-11-22-15/h3,5-9,11,14H,2,4,10H2,1H3. The molecule has 4 nitrogen and oxygen atoms in total. The molecular weight excluding hydrogens is 298 g/mol. The first kappa shape index (κ1) is 14.8. The number of thiophene rings is 1. The number of likely N-dealkylation sites (tertiary alicyclic amines) is 1. The molecule has 3 rings (SSSR count). The molecule has 1 aliphatic heterocycles. The SMILES string of the molecule is COc1ccc(C(=O)C2CCCN2C(=O)c2cccs2)cc1. The van der Waals surface area contributed by atoms with Gasteiger partial charge in [0.15, 0.2) is 5.78 Å². The molecule has 0 aliphatic carbocycles. The number of hydrogen-bond donors (Lipinski definition) is 0. The van der Waals surface area contributed by atoms with Crippen LogP contribution >= 0.6 is 11.3 Å². The van der Waals surface area contributed by atoms with Gasteiger partial charge < -0.3 is 9.64 Å². The third kappa shape index (κ3) is 2.76. The van der Waals surface area contributed by atoms with Crippen molar-refractivity contribution in [1.29, 1.82) is 0 Å². The molecule has 1 unspecified atom stereocenters. The molecule has 1 aromatic heterocycles. The lowest BCUT2D eigenvalue weighted by molar-refractivity contribution is 0.0675. The molecule has 114 valence electrons. The number of benzene rings is 1. The number of nitrogens with zero attached hydrogens (tertiary/aromatic N) is 1. The summed E-state index contributed by atoms with van der Waals surface area (Å²) in [6, 6.07) is 10.4. The molecule has 0 bridgehead atoms. The second-order valence-electron chi connectivity index (χ2n) is 5.23. The number of methoxy groups -OCH3 is 1. The van der Waals surface area contributed by atoms with Crippen molar-refractivity contribution in [3.05, 3.63) is 52.2 Å². The van der Waals surface area contributed by atoms with E-state index in [0.29, 0.717) is 17.0 Å². The van der Waals surface area contributed by atoms with Crippen LogP contribution in [0.5, 0.6) is 5.75 Å². The van der Waals surface area contributed by atoms with E-state index in [1.54, 1.807) is 42.3 Å². The lowest BCUT2D eigenvalue weighted by Gasteiger charge is -2.23. The highest BCUT2D eigenvalue weighted by atomic mass is 32.1.